The molecular weight excluding hydrogens is 196 g/mol. The lowest BCUT2D eigenvalue weighted by atomic mass is 10.1. The van der Waals surface area contributed by atoms with Crippen LogP contribution >= 0.6 is 0 Å². The molecule has 0 amide bonds. The van der Waals surface area contributed by atoms with Gasteiger partial charge in [0.25, 0.3) is 0 Å². The Bertz CT molecular complexity index is 318. The van der Waals surface area contributed by atoms with Gasteiger partial charge in [-0.25, -0.2) is 0 Å². The number of nitrogens with one attached hydrogen (secondary N) is 1. The molecule has 1 N–H and O–H groups in total. The van der Waals surface area contributed by atoms with Crippen molar-refractivity contribution in [3.8, 4) is 0 Å². The topological polar surface area (TPSA) is 15.3 Å². The molecule has 1 aliphatic rings. The van der Waals surface area contributed by atoms with Crippen LogP contribution < -0.4 is 10.2 Å². The Balaban J connectivity index is 2.03. The number of piperazine rings is 1. The smallest absolute Gasteiger partial charge is 0.0367 e. The van der Waals surface area contributed by atoms with Crippen molar-refractivity contribution in [2.45, 2.75) is 32.7 Å². The third-order valence-electron chi connectivity index (χ3n) is 3.21. The van der Waals surface area contributed by atoms with Gasteiger partial charge in [-0.2, -0.15) is 0 Å². The Kier molecular flexibility index (Phi) is 3.83. The first-order chi connectivity index (χ1) is 7.79. The van der Waals surface area contributed by atoms with Crippen molar-refractivity contribution < 1.29 is 0 Å². The highest BCUT2D eigenvalue weighted by Gasteiger charge is 2.15. The van der Waals surface area contributed by atoms with E-state index in [1.807, 2.05) is 0 Å². The number of rotatable bonds is 3. The summed E-state index contributed by atoms with van der Waals surface area (Å²) in [6, 6.07) is 9.67. The van der Waals surface area contributed by atoms with Gasteiger partial charge < -0.3 is 10.2 Å². The van der Waals surface area contributed by atoms with Gasteiger partial charge >= 0.3 is 0 Å². The Labute approximate surface area is 98.7 Å². The van der Waals surface area contributed by atoms with Crippen molar-refractivity contribution in [3.05, 3.63) is 29.8 Å². The average Bonchev–Trinajstić information content (AvgIpc) is 2.30. The number of anilines is 1. The quantitative estimate of drug-likeness (QED) is 0.838. The van der Waals surface area contributed by atoms with Crippen LogP contribution in [0.5, 0.6) is 0 Å². The van der Waals surface area contributed by atoms with Gasteiger partial charge in [0.15, 0.2) is 0 Å². The summed E-state index contributed by atoms with van der Waals surface area (Å²) >= 11 is 0. The molecule has 2 heteroatoms. The third-order valence-corrected chi connectivity index (χ3v) is 3.21. The van der Waals surface area contributed by atoms with E-state index >= 15 is 0 Å². The summed E-state index contributed by atoms with van der Waals surface area (Å²) in [5.74, 6) is 0. The van der Waals surface area contributed by atoms with Crippen molar-refractivity contribution in [1.82, 2.24) is 5.32 Å². The first kappa shape index (κ1) is 11.5. The Hall–Kier alpha value is -1.02. The van der Waals surface area contributed by atoms with Crippen molar-refractivity contribution >= 4 is 5.69 Å². The molecule has 1 fully saturated rings. The summed E-state index contributed by atoms with van der Waals surface area (Å²) in [7, 11) is 0. The molecule has 0 aliphatic carbocycles. The molecule has 2 rings (SSSR count). The first-order valence-corrected chi connectivity index (χ1v) is 6.37. The van der Waals surface area contributed by atoms with E-state index in [2.05, 4.69) is 48.3 Å². The van der Waals surface area contributed by atoms with Crippen LogP contribution in [0.3, 0.4) is 0 Å². The van der Waals surface area contributed by atoms with E-state index in [1.165, 1.54) is 24.1 Å². The van der Waals surface area contributed by atoms with E-state index in [4.69, 9.17) is 0 Å². The van der Waals surface area contributed by atoms with Gasteiger partial charge in [0.2, 0.25) is 0 Å². The van der Waals surface area contributed by atoms with E-state index in [9.17, 15) is 0 Å². The lowest BCUT2D eigenvalue weighted by Crippen LogP contribution is -2.49. The van der Waals surface area contributed by atoms with Gasteiger partial charge in [-0.05, 0) is 31.0 Å². The summed E-state index contributed by atoms with van der Waals surface area (Å²) in [6.45, 7) is 7.81. The zero-order chi connectivity index (χ0) is 11.4. The number of hydrogen-bond acceptors (Lipinski definition) is 2. The van der Waals surface area contributed by atoms with Gasteiger partial charge in [-0.3, -0.25) is 0 Å². The normalized spacial score (nSPS) is 21.1. The van der Waals surface area contributed by atoms with Gasteiger partial charge in [0.1, 0.15) is 0 Å². The highest BCUT2D eigenvalue weighted by molar-refractivity contribution is 5.48. The van der Waals surface area contributed by atoms with Crippen LogP contribution in [-0.2, 0) is 6.42 Å². The SMILES string of the molecule is CCCc1ccc(N2CCN[C@H](C)C2)cc1. The fourth-order valence-electron chi connectivity index (χ4n) is 2.33. The molecule has 2 nitrogen and oxygen atoms in total. The summed E-state index contributed by atoms with van der Waals surface area (Å²) in [5, 5.41) is 3.47. The van der Waals surface area contributed by atoms with Crippen molar-refractivity contribution in [2.24, 2.45) is 0 Å². The lowest BCUT2D eigenvalue weighted by molar-refractivity contribution is 0.485. The minimum absolute atomic E-state index is 0.601. The van der Waals surface area contributed by atoms with E-state index in [-0.39, 0.29) is 0 Å². The van der Waals surface area contributed by atoms with Crippen molar-refractivity contribution in [3.63, 3.8) is 0 Å². The number of hydrogen-bond donors (Lipinski definition) is 1. The summed E-state index contributed by atoms with van der Waals surface area (Å²) < 4.78 is 0. The molecule has 1 heterocycles. The second-order valence-corrected chi connectivity index (χ2v) is 4.72. The Morgan fingerprint density at radius 1 is 1.31 bits per heavy atom. The van der Waals surface area contributed by atoms with E-state index in [0.717, 1.165) is 19.6 Å². The van der Waals surface area contributed by atoms with Crippen LogP contribution in [-0.4, -0.2) is 25.7 Å². The van der Waals surface area contributed by atoms with Crippen LogP contribution in [0, 0.1) is 0 Å². The molecular formula is C14H22N2. The zero-order valence-corrected chi connectivity index (χ0v) is 10.4. The van der Waals surface area contributed by atoms with Crippen LogP contribution in [0.4, 0.5) is 5.69 Å². The third kappa shape index (κ3) is 2.76. The molecule has 88 valence electrons. The minimum Gasteiger partial charge on any atom is -0.369 e. The predicted molar refractivity (Wildman–Crippen MR) is 70.1 cm³/mol. The minimum atomic E-state index is 0.601. The summed E-state index contributed by atoms with van der Waals surface area (Å²) in [6.07, 6.45) is 2.42. The monoisotopic (exact) mass is 218 g/mol. The van der Waals surface area contributed by atoms with E-state index < -0.39 is 0 Å². The molecule has 1 saturated heterocycles. The highest BCUT2D eigenvalue weighted by Crippen LogP contribution is 2.17. The maximum Gasteiger partial charge on any atom is 0.0367 e. The fraction of sp³-hybridized carbons (Fsp3) is 0.571. The maximum atomic E-state index is 3.47. The average molecular weight is 218 g/mol. The molecule has 0 saturated carbocycles. The number of aryl methyl sites for hydroxylation is 1. The van der Waals surface area contributed by atoms with Crippen molar-refractivity contribution in [2.75, 3.05) is 24.5 Å². The molecule has 1 atom stereocenters. The number of benzene rings is 1. The van der Waals surface area contributed by atoms with E-state index in [1.54, 1.807) is 0 Å². The lowest BCUT2D eigenvalue weighted by Gasteiger charge is -2.33. The number of nitrogens with zero attached hydrogens (tertiary/aromatic N) is 1. The standard InChI is InChI=1S/C14H22N2/c1-3-4-13-5-7-14(8-6-13)16-10-9-15-12(2)11-16/h5-8,12,15H,3-4,9-11H2,1-2H3/t12-/m1/s1. The highest BCUT2D eigenvalue weighted by atomic mass is 15.2. The molecule has 0 spiro atoms. The molecule has 16 heavy (non-hydrogen) atoms. The predicted octanol–water partition coefficient (Wildman–Crippen LogP) is 2.44. The van der Waals surface area contributed by atoms with Gasteiger partial charge in [0.05, 0.1) is 0 Å². The first-order valence-electron chi connectivity index (χ1n) is 6.37. The molecule has 0 unspecified atom stereocenters. The van der Waals surface area contributed by atoms with Gasteiger partial charge in [-0.1, -0.05) is 25.5 Å². The molecule has 0 bridgehead atoms. The zero-order valence-electron chi connectivity index (χ0n) is 10.4. The largest absolute Gasteiger partial charge is 0.369 e. The summed E-state index contributed by atoms with van der Waals surface area (Å²) in [5.41, 5.74) is 2.82. The maximum absolute atomic E-state index is 3.47. The van der Waals surface area contributed by atoms with E-state index in [0.29, 0.717) is 6.04 Å². The van der Waals surface area contributed by atoms with Crippen molar-refractivity contribution in [1.29, 1.82) is 0 Å². The van der Waals surface area contributed by atoms with Crippen LogP contribution in [0.15, 0.2) is 24.3 Å². The second kappa shape index (κ2) is 5.35. The van der Waals surface area contributed by atoms with Gasteiger partial charge in [0, 0.05) is 31.4 Å². The molecule has 0 aromatic heterocycles. The van der Waals surface area contributed by atoms with Crippen LogP contribution in [0.2, 0.25) is 0 Å². The van der Waals surface area contributed by atoms with Crippen LogP contribution in [0.25, 0.3) is 0 Å². The van der Waals surface area contributed by atoms with Gasteiger partial charge in [-0.15, -0.1) is 0 Å². The molecule has 1 aliphatic heterocycles. The second-order valence-electron chi connectivity index (χ2n) is 4.72. The molecule has 1 aromatic rings. The summed E-state index contributed by atoms with van der Waals surface area (Å²) in [4.78, 5) is 2.47. The Morgan fingerprint density at radius 2 is 2.06 bits per heavy atom. The Morgan fingerprint density at radius 3 is 2.69 bits per heavy atom. The fourth-order valence-corrected chi connectivity index (χ4v) is 2.33. The van der Waals surface area contributed by atoms with Crippen LogP contribution in [0.1, 0.15) is 25.8 Å². The molecule has 1 aromatic carbocycles. The molecule has 0 radical (unpaired) electrons.